The Hall–Kier alpha value is -2.92. The fourth-order valence-corrected chi connectivity index (χ4v) is 2.90. The first-order valence-electron chi connectivity index (χ1n) is 8.48. The lowest BCUT2D eigenvalue weighted by molar-refractivity contribution is -0.111. The van der Waals surface area contributed by atoms with Crippen LogP contribution in [0, 0.1) is 6.92 Å². The average molecular weight is 423 g/mol. The van der Waals surface area contributed by atoms with Gasteiger partial charge in [0.15, 0.2) is 0 Å². The van der Waals surface area contributed by atoms with Crippen LogP contribution in [0.4, 0.5) is 5.82 Å². The largest absolute Gasteiger partial charge is 0.489 e. The van der Waals surface area contributed by atoms with Gasteiger partial charge in [0.1, 0.15) is 18.2 Å². The van der Waals surface area contributed by atoms with Gasteiger partial charge in [0.2, 0.25) is 5.91 Å². The first kappa shape index (κ1) is 18.9. The molecule has 136 valence electrons. The quantitative estimate of drug-likeness (QED) is 0.542. The highest BCUT2D eigenvalue weighted by atomic mass is 79.9. The summed E-state index contributed by atoms with van der Waals surface area (Å²) < 4.78 is 6.69. The molecule has 27 heavy (non-hydrogen) atoms. The second kappa shape index (κ2) is 9.14. The number of hydrogen-bond acceptors (Lipinski definition) is 3. The Kier molecular flexibility index (Phi) is 6.39. The highest BCUT2D eigenvalue weighted by Gasteiger charge is 2.04. The van der Waals surface area contributed by atoms with E-state index >= 15 is 0 Å². The summed E-state index contributed by atoms with van der Waals surface area (Å²) in [6, 6.07) is 19.5. The van der Waals surface area contributed by atoms with Gasteiger partial charge in [-0.2, -0.15) is 0 Å². The second-order valence-corrected chi connectivity index (χ2v) is 6.90. The molecule has 4 nitrogen and oxygen atoms in total. The average Bonchev–Trinajstić information content (AvgIpc) is 2.68. The number of nitrogens with one attached hydrogen (secondary N) is 1. The predicted molar refractivity (Wildman–Crippen MR) is 112 cm³/mol. The smallest absolute Gasteiger partial charge is 0.249 e. The van der Waals surface area contributed by atoms with Crippen molar-refractivity contribution in [1.82, 2.24) is 4.98 Å². The number of carbonyl (C=O) groups excluding carboxylic acids is 1. The highest BCUT2D eigenvalue weighted by molar-refractivity contribution is 9.10. The molecule has 1 N–H and O–H groups in total. The zero-order valence-corrected chi connectivity index (χ0v) is 16.4. The minimum atomic E-state index is -0.233. The zero-order valence-electron chi connectivity index (χ0n) is 14.9. The molecule has 0 saturated heterocycles. The van der Waals surface area contributed by atoms with Crippen LogP contribution in [0.5, 0.6) is 5.75 Å². The van der Waals surface area contributed by atoms with Crippen LogP contribution in [0.1, 0.15) is 16.7 Å². The Balaban J connectivity index is 1.60. The van der Waals surface area contributed by atoms with Gasteiger partial charge in [-0.05, 0) is 63.8 Å². The van der Waals surface area contributed by atoms with Crippen molar-refractivity contribution in [3.05, 3.63) is 94.1 Å². The molecule has 3 aromatic rings. The maximum atomic E-state index is 12.1. The van der Waals surface area contributed by atoms with Crippen molar-refractivity contribution in [3.8, 4) is 5.75 Å². The molecule has 1 heterocycles. The van der Waals surface area contributed by atoms with Crippen molar-refractivity contribution < 1.29 is 9.53 Å². The van der Waals surface area contributed by atoms with Crippen LogP contribution < -0.4 is 10.1 Å². The topological polar surface area (TPSA) is 51.2 Å². The number of aryl methyl sites for hydroxylation is 1. The van der Waals surface area contributed by atoms with Gasteiger partial charge in [0, 0.05) is 16.7 Å². The van der Waals surface area contributed by atoms with Gasteiger partial charge in [0.05, 0.1) is 0 Å². The summed E-state index contributed by atoms with van der Waals surface area (Å²) in [5, 5.41) is 2.78. The Labute approximate surface area is 167 Å². The number of rotatable bonds is 6. The van der Waals surface area contributed by atoms with Gasteiger partial charge >= 0.3 is 0 Å². The van der Waals surface area contributed by atoms with Gasteiger partial charge in [-0.25, -0.2) is 4.98 Å². The van der Waals surface area contributed by atoms with Crippen LogP contribution in [0.15, 0.2) is 77.4 Å². The third kappa shape index (κ3) is 5.79. The maximum Gasteiger partial charge on any atom is 0.249 e. The summed E-state index contributed by atoms with van der Waals surface area (Å²) >= 11 is 3.36. The van der Waals surface area contributed by atoms with E-state index in [1.54, 1.807) is 12.3 Å². The number of amides is 1. The number of anilines is 1. The van der Waals surface area contributed by atoms with Crippen molar-refractivity contribution in [2.45, 2.75) is 13.5 Å². The molecule has 0 aliphatic carbocycles. The molecule has 0 bridgehead atoms. The van der Waals surface area contributed by atoms with E-state index in [4.69, 9.17) is 4.74 Å². The van der Waals surface area contributed by atoms with Crippen LogP contribution in [-0.2, 0) is 11.4 Å². The lowest BCUT2D eigenvalue weighted by Gasteiger charge is -2.07. The molecule has 0 atom stereocenters. The number of hydrogen-bond donors (Lipinski definition) is 1. The molecule has 0 unspecified atom stereocenters. The van der Waals surface area contributed by atoms with E-state index in [2.05, 4.69) is 26.2 Å². The number of aromatic nitrogens is 1. The zero-order chi connectivity index (χ0) is 19.1. The van der Waals surface area contributed by atoms with E-state index in [0.29, 0.717) is 12.4 Å². The van der Waals surface area contributed by atoms with Gasteiger partial charge < -0.3 is 10.1 Å². The fourth-order valence-electron chi connectivity index (χ4n) is 2.45. The highest BCUT2D eigenvalue weighted by Crippen LogP contribution is 2.18. The third-order valence-corrected chi connectivity index (χ3v) is 4.25. The predicted octanol–water partition coefficient (Wildman–Crippen LogP) is 5.38. The van der Waals surface area contributed by atoms with Crippen LogP contribution in [0.2, 0.25) is 0 Å². The SMILES string of the molecule is Cc1cc(Br)cnc1NC(=O)/C=C/c1cccc(OCc2ccccc2)c1. The first-order valence-corrected chi connectivity index (χ1v) is 9.27. The van der Waals surface area contributed by atoms with Crippen molar-refractivity contribution in [2.24, 2.45) is 0 Å². The third-order valence-electron chi connectivity index (χ3n) is 3.82. The first-order chi connectivity index (χ1) is 13.1. The van der Waals surface area contributed by atoms with Crippen LogP contribution in [-0.4, -0.2) is 10.9 Å². The monoisotopic (exact) mass is 422 g/mol. The van der Waals surface area contributed by atoms with Crippen LogP contribution in [0.25, 0.3) is 6.08 Å². The lowest BCUT2D eigenvalue weighted by Crippen LogP contribution is -2.10. The summed E-state index contributed by atoms with van der Waals surface area (Å²) in [5.74, 6) is 1.07. The molecule has 1 aromatic heterocycles. The summed E-state index contributed by atoms with van der Waals surface area (Å²) in [7, 11) is 0. The molecule has 0 radical (unpaired) electrons. The second-order valence-electron chi connectivity index (χ2n) is 5.99. The van der Waals surface area contributed by atoms with E-state index in [0.717, 1.165) is 26.9 Å². The van der Waals surface area contributed by atoms with E-state index in [1.165, 1.54) is 6.08 Å². The summed E-state index contributed by atoms with van der Waals surface area (Å²) in [6.07, 6.45) is 4.89. The van der Waals surface area contributed by atoms with Crippen LogP contribution in [0.3, 0.4) is 0 Å². The summed E-state index contributed by atoms with van der Waals surface area (Å²) in [4.78, 5) is 16.3. The maximum absolute atomic E-state index is 12.1. The van der Waals surface area contributed by atoms with Gasteiger partial charge in [0.25, 0.3) is 0 Å². The van der Waals surface area contributed by atoms with Crippen molar-refractivity contribution in [1.29, 1.82) is 0 Å². The minimum absolute atomic E-state index is 0.233. The van der Waals surface area contributed by atoms with Gasteiger partial charge in [-0.15, -0.1) is 0 Å². The molecule has 1 amide bonds. The summed E-state index contributed by atoms with van der Waals surface area (Å²) in [6.45, 7) is 2.40. The number of halogens is 1. The number of benzene rings is 2. The normalized spacial score (nSPS) is 10.7. The molecule has 0 aliphatic rings. The van der Waals surface area contributed by atoms with E-state index in [-0.39, 0.29) is 5.91 Å². The van der Waals surface area contributed by atoms with Crippen molar-refractivity contribution in [2.75, 3.05) is 5.32 Å². The number of carbonyl (C=O) groups is 1. The van der Waals surface area contributed by atoms with Gasteiger partial charge in [-0.3, -0.25) is 4.79 Å². The van der Waals surface area contributed by atoms with Crippen molar-refractivity contribution >= 4 is 33.7 Å². The molecular weight excluding hydrogens is 404 g/mol. The van der Waals surface area contributed by atoms with Gasteiger partial charge in [-0.1, -0.05) is 42.5 Å². The van der Waals surface area contributed by atoms with E-state index < -0.39 is 0 Å². The minimum Gasteiger partial charge on any atom is -0.489 e. The van der Waals surface area contributed by atoms with Crippen molar-refractivity contribution in [3.63, 3.8) is 0 Å². The fraction of sp³-hybridized carbons (Fsp3) is 0.0909. The number of ether oxygens (including phenoxy) is 1. The Morgan fingerprint density at radius 2 is 1.96 bits per heavy atom. The molecule has 0 fully saturated rings. The van der Waals surface area contributed by atoms with Crippen LogP contribution >= 0.6 is 15.9 Å². The summed E-state index contributed by atoms with van der Waals surface area (Å²) in [5.41, 5.74) is 2.88. The standard InChI is InChI=1S/C22H19BrN2O2/c1-16-12-19(23)14-24-22(16)25-21(26)11-10-17-8-5-9-20(13-17)27-15-18-6-3-2-4-7-18/h2-14H,15H2,1H3,(H,24,25,26)/b11-10+. The number of pyridine rings is 1. The number of nitrogens with zero attached hydrogens (tertiary/aromatic N) is 1. The molecule has 0 aliphatic heterocycles. The Bertz CT molecular complexity index is 956. The molecular formula is C22H19BrN2O2. The lowest BCUT2D eigenvalue weighted by atomic mass is 10.2. The molecule has 2 aromatic carbocycles. The Morgan fingerprint density at radius 3 is 2.74 bits per heavy atom. The molecule has 5 heteroatoms. The molecule has 0 spiro atoms. The van der Waals surface area contributed by atoms with E-state index in [1.807, 2.05) is 67.6 Å². The molecule has 3 rings (SSSR count). The van der Waals surface area contributed by atoms with E-state index in [9.17, 15) is 4.79 Å². The Morgan fingerprint density at radius 1 is 1.15 bits per heavy atom. The molecule has 0 saturated carbocycles.